The highest BCUT2D eigenvalue weighted by Gasteiger charge is 2.32. The number of phenols is 1. The zero-order valence-corrected chi connectivity index (χ0v) is 11.3. The minimum atomic E-state index is -0.495. The second kappa shape index (κ2) is 5.45. The maximum Gasteiger partial charge on any atom is 0.163 e. The third-order valence-electron chi connectivity index (χ3n) is 2.80. The van der Waals surface area contributed by atoms with Crippen molar-refractivity contribution in [2.45, 2.75) is 32.3 Å². The minimum absolute atomic E-state index is 0.0429. The molecule has 4 nitrogen and oxygen atoms in total. The van der Waals surface area contributed by atoms with E-state index in [4.69, 9.17) is 21.1 Å². The van der Waals surface area contributed by atoms with Crippen LogP contribution >= 0.6 is 11.6 Å². The SMILES string of the molecule is CC1(C)OCC(CNCc2cc(Cl)ccc2O)O1. The first-order valence-corrected chi connectivity index (χ1v) is 6.34. The molecule has 0 saturated carbocycles. The van der Waals surface area contributed by atoms with E-state index < -0.39 is 5.79 Å². The molecule has 1 aliphatic heterocycles. The first kappa shape index (κ1) is 13.6. The van der Waals surface area contributed by atoms with E-state index in [2.05, 4.69) is 5.32 Å². The van der Waals surface area contributed by atoms with Crippen molar-refractivity contribution >= 4 is 11.6 Å². The molecule has 1 atom stereocenters. The van der Waals surface area contributed by atoms with E-state index in [1.54, 1.807) is 18.2 Å². The van der Waals surface area contributed by atoms with Crippen molar-refractivity contribution in [3.63, 3.8) is 0 Å². The summed E-state index contributed by atoms with van der Waals surface area (Å²) >= 11 is 5.88. The Kier molecular flexibility index (Phi) is 4.12. The predicted octanol–water partition coefficient (Wildman–Crippen LogP) is 2.29. The third kappa shape index (κ3) is 3.59. The van der Waals surface area contributed by atoms with Crippen LogP contribution in [0.4, 0.5) is 0 Å². The molecule has 0 aliphatic carbocycles. The van der Waals surface area contributed by atoms with Gasteiger partial charge in [-0.05, 0) is 32.0 Å². The van der Waals surface area contributed by atoms with Gasteiger partial charge in [-0.15, -0.1) is 0 Å². The van der Waals surface area contributed by atoms with Gasteiger partial charge in [-0.3, -0.25) is 0 Å². The molecule has 1 unspecified atom stereocenters. The Balaban J connectivity index is 1.80. The van der Waals surface area contributed by atoms with Crippen molar-refractivity contribution in [2.75, 3.05) is 13.2 Å². The van der Waals surface area contributed by atoms with Crippen LogP contribution in [0.3, 0.4) is 0 Å². The van der Waals surface area contributed by atoms with Crippen molar-refractivity contribution in [2.24, 2.45) is 0 Å². The smallest absolute Gasteiger partial charge is 0.163 e. The van der Waals surface area contributed by atoms with Crippen LogP contribution in [0.25, 0.3) is 0 Å². The normalized spacial score (nSPS) is 22.3. The average molecular weight is 272 g/mol. The molecule has 2 rings (SSSR count). The average Bonchev–Trinajstić information content (AvgIpc) is 2.63. The van der Waals surface area contributed by atoms with Crippen LogP contribution < -0.4 is 5.32 Å². The summed E-state index contributed by atoms with van der Waals surface area (Å²) in [7, 11) is 0. The monoisotopic (exact) mass is 271 g/mol. The van der Waals surface area contributed by atoms with E-state index in [1.807, 2.05) is 13.8 Å². The Morgan fingerprint density at radius 3 is 2.94 bits per heavy atom. The molecule has 1 aromatic carbocycles. The van der Waals surface area contributed by atoms with E-state index in [1.165, 1.54) is 0 Å². The van der Waals surface area contributed by atoms with Gasteiger partial charge in [0.15, 0.2) is 5.79 Å². The number of benzene rings is 1. The van der Waals surface area contributed by atoms with Gasteiger partial charge in [-0.25, -0.2) is 0 Å². The predicted molar refractivity (Wildman–Crippen MR) is 69.7 cm³/mol. The third-order valence-corrected chi connectivity index (χ3v) is 3.03. The highest BCUT2D eigenvalue weighted by Crippen LogP contribution is 2.23. The summed E-state index contributed by atoms with van der Waals surface area (Å²) in [4.78, 5) is 0. The standard InChI is InChI=1S/C13H18ClNO3/c1-13(2)17-8-11(18-13)7-15-6-9-5-10(14)3-4-12(9)16/h3-5,11,15-16H,6-8H2,1-2H3. The molecule has 5 heteroatoms. The Morgan fingerprint density at radius 2 is 2.28 bits per heavy atom. The highest BCUT2D eigenvalue weighted by atomic mass is 35.5. The fourth-order valence-electron chi connectivity index (χ4n) is 1.93. The molecule has 0 radical (unpaired) electrons. The fraction of sp³-hybridized carbons (Fsp3) is 0.538. The topological polar surface area (TPSA) is 50.7 Å². The Morgan fingerprint density at radius 1 is 1.50 bits per heavy atom. The van der Waals surface area contributed by atoms with Gasteiger partial charge in [-0.2, -0.15) is 0 Å². The lowest BCUT2D eigenvalue weighted by Crippen LogP contribution is -2.30. The van der Waals surface area contributed by atoms with Gasteiger partial charge in [0.1, 0.15) is 5.75 Å². The van der Waals surface area contributed by atoms with E-state index in [0.29, 0.717) is 24.7 Å². The van der Waals surface area contributed by atoms with Gasteiger partial charge >= 0.3 is 0 Å². The van der Waals surface area contributed by atoms with Crippen molar-refractivity contribution in [3.05, 3.63) is 28.8 Å². The number of aromatic hydroxyl groups is 1. The van der Waals surface area contributed by atoms with E-state index in [9.17, 15) is 5.11 Å². The highest BCUT2D eigenvalue weighted by molar-refractivity contribution is 6.30. The van der Waals surface area contributed by atoms with Crippen LogP contribution in [0.15, 0.2) is 18.2 Å². The molecule has 0 amide bonds. The fourth-order valence-corrected chi connectivity index (χ4v) is 2.12. The van der Waals surface area contributed by atoms with Crippen molar-refractivity contribution in [1.29, 1.82) is 0 Å². The Labute approximate surface area is 112 Å². The number of hydrogen-bond acceptors (Lipinski definition) is 4. The van der Waals surface area contributed by atoms with Crippen molar-refractivity contribution < 1.29 is 14.6 Å². The van der Waals surface area contributed by atoms with Gasteiger partial charge in [0.25, 0.3) is 0 Å². The number of hydrogen-bond donors (Lipinski definition) is 2. The van der Waals surface area contributed by atoms with Gasteiger partial charge < -0.3 is 19.9 Å². The van der Waals surface area contributed by atoms with Gasteiger partial charge in [0.05, 0.1) is 12.7 Å². The second-order valence-electron chi connectivity index (χ2n) is 4.85. The molecule has 1 aromatic rings. The zero-order chi connectivity index (χ0) is 13.2. The van der Waals surface area contributed by atoms with E-state index in [0.717, 1.165) is 5.56 Å². The number of ether oxygens (including phenoxy) is 2. The molecule has 1 aliphatic rings. The lowest BCUT2D eigenvalue weighted by atomic mass is 10.2. The molecular weight excluding hydrogens is 254 g/mol. The summed E-state index contributed by atoms with van der Waals surface area (Å²) in [5.74, 6) is -0.249. The molecule has 100 valence electrons. The number of nitrogens with one attached hydrogen (secondary N) is 1. The van der Waals surface area contributed by atoms with Gasteiger partial charge in [-0.1, -0.05) is 11.6 Å². The lowest BCUT2D eigenvalue weighted by molar-refractivity contribution is -0.137. The molecule has 1 saturated heterocycles. The molecule has 0 bridgehead atoms. The molecule has 2 N–H and O–H groups in total. The molecular formula is C13H18ClNO3. The summed E-state index contributed by atoms with van der Waals surface area (Å²) < 4.78 is 11.1. The number of phenolic OH excluding ortho intramolecular Hbond substituents is 1. The molecule has 1 fully saturated rings. The Hall–Kier alpha value is -0.810. The maximum atomic E-state index is 9.66. The van der Waals surface area contributed by atoms with E-state index >= 15 is 0 Å². The maximum absolute atomic E-state index is 9.66. The molecule has 18 heavy (non-hydrogen) atoms. The molecule has 0 spiro atoms. The first-order chi connectivity index (χ1) is 8.46. The second-order valence-corrected chi connectivity index (χ2v) is 5.29. The lowest BCUT2D eigenvalue weighted by Gasteiger charge is -2.17. The van der Waals surface area contributed by atoms with Crippen LogP contribution in [0.5, 0.6) is 5.75 Å². The van der Waals surface area contributed by atoms with Crippen LogP contribution in [-0.2, 0) is 16.0 Å². The van der Waals surface area contributed by atoms with E-state index in [-0.39, 0.29) is 11.9 Å². The van der Waals surface area contributed by atoms with Crippen LogP contribution in [-0.4, -0.2) is 30.1 Å². The summed E-state index contributed by atoms with van der Waals surface area (Å²) in [6.45, 7) is 5.61. The summed E-state index contributed by atoms with van der Waals surface area (Å²) in [5.41, 5.74) is 0.778. The van der Waals surface area contributed by atoms with Gasteiger partial charge in [0, 0.05) is 23.7 Å². The van der Waals surface area contributed by atoms with Gasteiger partial charge in [0.2, 0.25) is 0 Å². The van der Waals surface area contributed by atoms with Crippen LogP contribution in [0, 0.1) is 0 Å². The summed E-state index contributed by atoms with van der Waals surface area (Å²) in [5, 5.41) is 13.5. The first-order valence-electron chi connectivity index (χ1n) is 5.96. The number of rotatable bonds is 4. The number of halogens is 1. The van der Waals surface area contributed by atoms with Crippen molar-refractivity contribution in [3.8, 4) is 5.75 Å². The quantitative estimate of drug-likeness (QED) is 0.882. The summed E-state index contributed by atoms with van der Waals surface area (Å²) in [6, 6.07) is 5.01. The van der Waals surface area contributed by atoms with Crippen LogP contribution in [0.2, 0.25) is 5.02 Å². The summed E-state index contributed by atoms with van der Waals surface area (Å²) in [6.07, 6.45) is 0.0429. The minimum Gasteiger partial charge on any atom is -0.508 e. The van der Waals surface area contributed by atoms with Crippen LogP contribution in [0.1, 0.15) is 19.4 Å². The van der Waals surface area contributed by atoms with Crippen molar-refractivity contribution in [1.82, 2.24) is 5.32 Å². The zero-order valence-electron chi connectivity index (χ0n) is 10.6. The molecule has 0 aromatic heterocycles. The largest absolute Gasteiger partial charge is 0.508 e. The Bertz CT molecular complexity index is 423. The molecule has 1 heterocycles.